The zero-order chi connectivity index (χ0) is 19.5. The number of aromatic nitrogens is 1. The molecular formula is C16H17F4N2O4+. The molecule has 2 rings (SSSR count). The molecule has 26 heavy (non-hydrogen) atoms. The molecule has 1 aliphatic rings. The molecule has 2 atom stereocenters. The smallest absolute Gasteiger partial charge is 0.332 e. The number of amides is 1. The van der Waals surface area contributed by atoms with Crippen molar-refractivity contribution in [3.8, 4) is 0 Å². The third-order valence-electron chi connectivity index (χ3n) is 3.52. The normalized spacial score (nSPS) is 25.9. The van der Waals surface area contributed by atoms with Gasteiger partial charge in [0.25, 0.3) is 5.91 Å². The maximum absolute atomic E-state index is 15.9. The van der Waals surface area contributed by atoms with Gasteiger partial charge in [-0.25, -0.2) is 14.6 Å². The van der Waals surface area contributed by atoms with Crippen LogP contribution in [0.1, 0.15) is 13.8 Å². The minimum atomic E-state index is -3.57. The second kappa shape index (κ2) is 7.52. The van der Waals surface area contributed by atoms with Gasteiger partial charge in [0.05, 0.1) is 6.10 Å². The van der Waals surface area contributed by atoms with E-state index in [-0.39, 0.29) is 0 Å². The summed E-state index contributed by atoms with van der Waals surface area (Å²) in [5.74, 6) is -6.15. The van der Waals surface area contributed by atoms with Crippen molar-refractivity contribution < 1.29 is 41.6 Å². The van der Waals surface area contributed by atoms with Crippen molar-refractivity contribution in [1.29, 1.82) is 0 Å². The molecule has 0 saturated carbocycles. The van der Waals surface area contributed by atoms with E-state index < -0.39 is 41.6 Å². The van der Waals surface area contributed by atoms with E-state index in [2.05, 4.69) is 4.74 Å². The van der Waals surface area contributed by atoms with Gasteiger partial charge >= 0.3 is 18.2 Å². The van der Waals surface area contributed by atoms with Gasteiger partial charge in [0.1, 0.15) is 0 Å². The Morgan fingerprint density at radius 2 is 1.85 bits per heavy atom. The molecule has 1 amide bonds. The molecule has 0 saturated heterocycles. The van der Waals surface area contributed by atoms with E-state index in [1.165, 1.54) is 37.5 Å². The summed E-state index contributed by atoms with van der Waals surface area (Å²) in [5, 5.41) is 8.71. The first kappa shape index (κ1) is 20.0. The van der Waals surface area contributed by atoms with Crippen molar-refractivity contribution in [3.05, 3.63) is 54.1 Å². The summed E-state index contributed by atoms with van der Waals surface area (Å²) in [7, 11) is 0. The highest BCUT2D eigenvalue weighted by Gasteiger charge is 2.69. The SMILES string of the molecule is CC(C)OC1(F)C=C(C(=O)NO)C=C(F)C1(OC(F)F)[n+]1ccccc1. The van der Waals surface area contributed by atoms with Gasteiger partial charge < -0.3 is 4.74 Å². The second-order valence-electron chi connectivity index (χ2n) is 5.65. The van der Waals surface area contributed by atoms with Crippen LogP contribution in [0.2, 0.25) is 0 Å². The molecular weight excluding hydrogens is 360 g/mol. The van der Waals surface area contributed by atoms with Gasteiger partial charge in [-0.3, -0.25) is 10.0 Å². The Kier molecular flexibility index (Phi) is 5.79. The number of hydrogen-bond acceptors (Lipinski definition) is 4. The number of carbonyl (C=O) groups excluding carboxylic acids is 1. The lowest BCUT2D eigenvalue weighted by molar-refractivity contribution is -0.828. The predicted octanol–water partition coefficient (Wildman–Crippen LogP) is 2.26. The molecule has 0 bridgehead atoms. The molecule has 0 spiro atoms. The van der Waals surface area contributed by atoms with Crippen molar-refractivity contribution in [3.63, 3.8) is 0 Å². The number of hydrogen-bond donors (Lipinski definition) is 2. The number of nitrogens with one attached hydrogen (secondary N) is 1. The standard InChI is InChI=1S/C16H16F4N2O4/c1-10(2)25-15(20)9-11(13(23)21-24)8-12(17)16(15,26-14(18)19)22-6-4-3-5-7-22/h3-10,14H,1-2H3,(H-,21,23,24)/p+1. The zero-order valence-corrected chi connectivity index (χ0v) is 13.8. The van der Waals surface area contributed by atoms with Crippen LogP contribution in [0.15, 0.2) is 54.1 Å². The number of nitrogens with zero attached hydrogens (tertiary/aromatic N) is 1. The van der Waals surface area contributed by atoms with E-state index >= 15 is 8.78 Å². The fourth-order valence-corrected chi connectivity index (χ4v) is 2.62. The van der Waals surface area contributed by atoms with Crippen LogP contribution in [0.3, 0.4) is 0 Å². The summed E-state index contributed by atoms with van der Waals surface area (Å²) >= 11 is 0. The van der Waals surface area contributed by atoms with Crippen LogP contribution in [0, 0.1) is 0 Å². The molecule has 0 aliphatic heterocycles. The zero-order valence-electron chi connectivity index (χ0n) is 13.8. The molecule has 0 fully saturated rings. The van der Waals surface area contributed by atoms with Crippen LogP contribution in [-0.2, 0) is 20.0 Å². The molecule has 1 aliphatic carbocycles. The quantitative estimate of drug-likeness (QED) is 0.345. The van der Waals surface area contributed by atoms with Crippen LogP contribution in [-0.4, -0.2) is 29.7 Å². The molecule has 6 nitrogen and oxygen atoms in total. The van der Waals surface area contributed by atoms with Crippen LogP contribution >= 0.6 is 0 Å². The highest BCUT2D eigenvalue weighted by atomic mass is 19.3. The first-order valence-electron chi connectivity index (χ1n) is 7.50. The van der Waals surface area contributed by atoms with Gasteiger partial charge in [-0.1, -0.05) is 6.07 Å². The number of rotatable bonds is 6. The Hall–Kier alpha value is -2.30. The van der Waals surface area contributed by atoms with Crippen LogP contribution in [0.4, 0.5) is 17.6 Å². The predicted molar refractivity (Wildman–Crippen MR) is 79.0 cm³/mol. The van der Waals surface area contributed by atoms with Gasteiger partial charge in [0, 0.05) is 23.8 Å². The minimum absolute atomic E-state index is 0.476. The lowest BCUT2D eigenvalue weighted by atomic mass is 9.91. The summed E-state index contributed by atoms with van der Waals surface area (Å²) in [6, 6.07) is 4.19. The van der Waals surface area contributed by atoms with E-state index in [1.54, 1.807) is 0 Å². The Morgan fingerprint density at radius 1 is 1.23 bits per heavy atom. The molecule has 142 valence electrons. The van der Waals surface area contributed by atoms with Gasteiger partial charge in [-0.2, -0.15) is 17.7 Å². The summed E-state index contributed by atoms with van der Waals surface area (Å²) < 4.78 is 67.4. The maximum Gasteiger partial charge on any atom is 0.394 e. The number of halogens is 4. The largest absolute Gasteiger partial charge is 0.394 e. The molecule has 2 N–H and O–H groups in total. The van der Waals surface area contributed by atoms with E-state index in [4.69, 9.17) is 9.94 Å². The summed E-state index contributed by atoms with van der Waals surface area (Å²) in [4.78, 5) is 11.6. The van der Waals surface area contributed by atoms with E-state index in [0.717, 1.165) is 17.0 Å². The number of alkyl halides is 3. The van der Waals surface area contributed by atoms with Gasteiger partial charge in [0.2, 0.25) is 5.83 Å². The summed E-state index contributed by atoms with van der Waals surface area (Å²) in [6.45, 7) is -0.797. The molecule has 1 heterocycles. The van der Waals surface area contributed by atoms with Crippen LogP contribution in [0.25, 0.3) is 0 Å². The molecule has 0 radical (unpaired) electrons. The van der Waals surface area contributed by atoms with E-state index in [9.17, 15) is 13.6 Å². The van der Waals surface area contributed by atoms with Crippen molar-refractivity contribution in [2.45, 2.75) is 38.1 Å². The number of pyridine rings is 1. The van der Waals surface area contributed by atoms with E-state index in [0.29, 0.717) is 12.2 Å². The maximum atomic E-state index is 15.9. The van der Waals surface area contributed by atoms with Crippen molar-refractivity contribution in [1.82, 2.24) is 5.48 Å². The topological polar surface area (TPSA) is 71.7 Å². The highest BCUT2D eigenvalue weighted by Crippen LogP contribution is 2.45. The average molecular weight is 377 g/mol. The lowest BCUT2D eigenvalue weighted by Crippen LogP contribution is -2.71. The number of hydroxylamine groups is 1. The number of ether oxygens (including phenoxy) is 2. The third-order valence-corrected chi connectivity index (χ3v) is 3.52. The van der Waals surface area contributed by atoms with Gasteiger partial charge in [-0.05, 0) is 19.9 Å². The summed E-state index contributed by atoms with van der Waals surface area (Å²) in [5.41, 5.74) is -2.51. The van der Waals surface area contributed by atoms with Crippen molar-refractivity contribution >= 4 is 5.91 Å². The van der Waals surface area contributed by atoms with Crippen molar-refractivity contribution in [2.24, 2.45) is 0 Å². The lowest BCUT2D eigenvalue weighted by Gasteiger charge is -2.39. The molecule has 10 heteroatoms. The van der Waals surface area contributed by atoms with E-state index in [1.807, 2.05) is 0 Å². The second-order valence-corrected chi connectivity index (χ2v) is 5.65. The third kappa shape index (κ3) is 3.48. The first-order valence-corrected chi connectivity index (χ1v) is 7.50. The highest BCUT2D eigenvalue weighted by molar-refractivity contribution is 5.96. The first-order chi connectivity index (χ1) is 12.2. The fourth-order valence-electron chi connectivity index (χ4n) is 2.62. The molecule has 0 aromatic carbocycles. The molecule has 2 unspecified atom stereocenters. The Morgan fingerprint density at radius 3 is 2.35 bits per heavy atom. The van der Waals surface area contributed by atoms with Crippen molar-refractivity contribution in [2.75, 3.05) is 0 Å². The molecule has 1 aromatic heterocycles. The van der Waals surface area contributed by atoms with Crippen LogP contribution in [0.5, 0.6) is 0 Å². The van der Waals surface area contributed by atoms with Gasteiger partial charge in [-0.15, -0.1) is 0 Å². The molecule has 1 aromatic rings. The Balaban J connectivity index is 2.76. The summed E-state index contributed by atoms with van der Waals surface area (Å²) in [6.07, 6.45) is 2.28. The Bertz CT molecular complexity index is 726. The monoisotopic (exact) mass is 377 g/mol. The fraction of sp³-hybridized carbons (Fsp3) is 0.375. The Labute approximate surface area is 146 Å². The number of carbonyl (C=O) groups is 1. The van der Waals surface area contributed by atoms with Crippen LogP contribution < -0.4 is 10.0 Å². The minimum Gasteiger partial charge on any atom is -0.332 e. The van der Waals surface area contributed by atoms with Gasteiger partial charge in [0.15, 0.2) is 12.4 Å². The average Bonchev–Trinajstić information content (AvgIpc) is 2.57.